The van der Waals surface area contributed by atoms with Crippen LogP contribution in [-0.2, 0) is 4.74 Å². The molecule has 0 radical (unpaired) electrons. The first kappa shape index (κ1) is 18.2. The van der Waals surface area contributed by atoms with Gasteiger partial charge in [0.2, 0.25) is 0 Å². The van der Waals surface area contributed by atoms with E-state index in [1.54, 1.807) is 4.90 Å². The number of aryl methyl sites for hydroxylation is 1. The molecule has 1 aromatic heterocycles. The fourth-order valence-electron chi connectivity index (χ4n) is 3.14. The third-order valence-electron chi connectivity index (χ3n) is 4.42. The van der Waals surface area contributed by atoms with E-state index in [0.717, 1.165) is 16.5 Å². The Bertz CT molecular complexity index is 814. The van der Waals surface area contributed by atoms with E-state index < -0.39 is 11.7 Å². The molecular formula is C19H26N4O3. The first-order valence-electron chi connectivity index (χ1n) is 8.96. The Morgan fingerprint density at radius 3 is 2.62 bits per heavy atom. The first-order valence-corrected chi connectivity index (χ1v) is 8.96. The number of fused-ring (bicyclic) bond motifs is 1. The Labute approximate surface area is 153 Å². The average Bonchev–Trinajstić information content (AvgIpc) is 2.96. The largest absolute Gasteiger partial charge is 0.444 e. The maximum absolute atomic E-state index is 12.8. The van der Waals surface area contributed by atoms with Gasteiger partial charge in [-0.15, -0.1) is 0 Å². The number of piperidine rings is 1. The number of nitrogens with zero attached hydrogens (tertiary/aromatic N) is 2. The Hall–Kier alpha value is -2.57. The predicted molar refractivity (Wildman–Crippen MR) is 99.1 cm³/mol. The minimum absolute atomic E-state index is 0.0204. The summed E-state index contributed by atoms with van der Waals surface area (Å²) in [7, 11) is 0. The number of H-pyrrole nitrogens is 1. The Balaban J connectivity index is 1.60. The summed E-state index contributed by atoms with van der Waals surface area (Å²) in [6, 6.07) is 5.92. The summed E-state index contributed by atoms with van der Waals surface area (Å²) in [5, 5.41) is 10.9. The second-order valence-electron chi connectivity index (χ2n) is 7.83. The molecule has 7 heteroatoms. The fourth-order valence-corrected chi connectivity index (χ4v) is 3.14. The van der Waals surface area contributed by atoms with Gasteiger partial charge in [-0.25, -0.2) is 4.79 Å². The van der Waals surface area contributed by atoms with Gasteiger partial charge >= 0.3 is 6.09 Å². The van der Waals surface area contributed by atoms with Crippen molar-refractivity contribution in [3.8, 4) is 0 Å². The van der Waals surface area contributed by atoms with E-state index >= 15 is 0 Å². The minimum atomic E-state index is -0.514. The third-order valence-corrected chi connectivity index (χ3v) is 4.42. The average molecular weight is 358 g/mol. The summed E-state index contributed by atoms with van der Waals surface area (Å²) < 4.78 is 5.29. The van der Waals surface area contributed by atoms with Crippen LogP contribution in [0.15, 0.2) is 18.2 Å². The van der Waals surface area contributed by atoms with Crippen molar-refractivity contribution in [1.82, 2.24) is 20.4 Å². The summed E-state index contributed by atoms with van der Waals surface area (Å²) in [6.07, 6.45) is 0.995. The molecule has 1 aliphatic heterocycles. The van der Waals surface area contributed by atoms with Crippen LogP contribution in [0.2, 0.25) is 0 Å². The molecule has 0 saturated carbocycles. The maximum Gasteiger partial charge on any atom is 0.407 e. The van der Waals surface area contributed by atoms with E-state index in [1.807, 2.05) is 45.9 Å². The first-order chi connectivity index (χ1) is 12.2. The van der Waals surface area contributed by atoms with Crippen LogP contribution in [0.4, 0.5) is 4.79 Å². The number of carbonyl (C=O) groups excluding carboxylic acids is 2. The number of aromatic nitrogens is 2. The molecule has 1 aromatic carbocycles. The molecule has 7 nitrogen and oxygen atoms in total. The molecule has 2 aromatic rings. The fraction of sp³-hybridized carbons (Fsp3) is 0.526. The second kappa shape index (κ2) is 6.97. The van der Waals surface area contributed by atoms with E-state index in [4.69, 9.17) is 4.74 Å². The summed E-state index contributed by atoms with van der Waals surface area (Å²) >= 11 is 0. The highest BCUT2D eigenvalue weighted by atomic mass is 16.6. The number of ether oxygens (including phenoxy) is 1. The van der Waals surface area contributed by atoms with Crippen LogP contribution in [-0.4, -0.2) is 51.8 Å². The molecule has 3 rings (SSSR count). The quantitative estimate of drug-likeness (QED) is 0.864. The highest BCUT2D eigenvalue weighted by molar-refractivity contribution is 6.04. The van der Waals surface area contributed by atoms with Crippen molar-refractivity contribution < 1.29 is 14.3 Å². The molecule has 0 spiro atoms. The van der Waals surface area contributed by atoms with Crippen LogP contribution in [0.1, 0.15) is 49.7 Å². The summed E-state index contributed by atoms with van der Waals surface area (Å²) in [6.45, 7) is 8.67. The number of likely N-dealkylation sites (tertiary alicyclic amines) is 1. The van der Waals surface area contributed by atoms with Crippen LogP contribution in [0.25, 0.3) is 10.9 Å². The topological polar surface area (TPSA) is 87.3 Å². The predicted octanol–water partition coefficient (Wildman–Crippen LogP) is 3.00. The highest BCUT2D eigenvalue weighted by Crippen LogP contribution is 2.21. The van der Waals surface area contributed by atoms with Gasteiger partial charge < -0.3 is 15.0 Å². The number of aromatic amines is 1. The molecule has 0 bridgehead atoms. The SMILES string of the molecule is Cc1ccc2[nH]nc(C(=O)N3CCC(NC(=O)OC(C)(C)C)CC3)c2c1. The van der Waals surface area contributed by atoms with Crippen molar-refractivity contribution >= 4 is 22.9 Å². The number of alkyl carbamates (subject to hydrolysis) is 1. The normalized spacial score (nSPS) is 15.9. The van der Waals surface area contributed by atoms with Crippen molar-refractivity contribution in [2.24, 2.45) is 0 Å². The second-order valence-corrected chi connectivity index (χ2v) is 7.83. The zero-order valence-electron chi connectivity index (χ0n) is 15.8. The lowest BCUT2D eigenvalue weighted by atomic mass is 10.0. The van der Waals surface area contributed by atoms with E-state index in [2.05, 4.69) is 15.5 Å². The smallest absolute Gasteiger partial charge is 0.407 e. The van der Waals surface area contributed by atoms with Gasteiger partial charge in [-0.2, -0.15) is 5.10 Å². The van der Waals surface area contributed by atoms with Gasteiger partial charge in [0.1, 0.15) is 5.60 Å². The lowest BCUT2D eigenvalue weighted by Gasteiger charge is -2.32. The number of hydrogen-bond acceptors (Lipinski definition) is 4. The van der Waals surface area contributed by atoms with Gasteiger partial charge in [-0.3, -0.25) is 9.89 Å². The highest BCUT2D eigenvalue weighted by Gasteiger charge is 2.28. The summed E-state index contributed by atoms with van der Waals surface area (Å²) in [5.74, 6) is -0.0717. The number of rotatable bonds is 2. The standard InChI is InChI=1S/C19H26N4O3/c1-12-5-6-15-14(11-12)16(22-21-15)17(24)23-9-7-13(8-10-23)20-18(25)26-19(2,3)4/h5-6,11,13H,7-10H2,1-4H3,(H,20,25)(H,21,22). The van der Waals surface area contributed by atoms with E-state index in [0.29, 0.717) is 31.6 Å². The Morgan fingerprint density at radius 1 is 1.27 bits per heavy atom. The van der Waals surface area contributed by atoms with Crippen LogP contribution < -0.4 is 5.32 Å². The van der Waals surface area contributed by atoms with Crippen molar-refractivity contribution in [3.05, 3.63) is 29.5 Å². The number of carbonyl (C=O) groups is 2. The van der Waals surface area contributed by atoms with Crippen molar-refractivity contribution in [2.75, 3.05) is 13.1 Å². The van der Waals surface area contributed by atoms with Gasteiger partial charge in [0.15, 0.2) is 5.69 Å². The van der Waals surface area contributed by atoms with Gasteiger partial charge in [0, 0.05) is 24.5 Å². The molecule has 2 heterocycles. The molecule has 0 atom stereocenters. The number of benzene rings is 1. The molecule has 0 aliphatic carbocycles. The lowest BCUT2D eigenvalue weighted by molar-refractivity contribution is 0.0473. The monoisotopic (exact) mass is 358 g/mol. The van der Waals surface area contributed by atoms with Crippen LogP contribution in [0, 0.1) is 6.92 Å². The molecular weight excluding hydrogens is 332 g/mol. The van der Waals surface area contributed by atoms with Crippen molar-refractivity contribution in [3.63, 3.8) is 0 Å². The molecule has 140 valence electrons. The Kier molecular flexibility index (Phi) is 4.89. The van der Waals surface area contributed by atoms with Crippen molar-refractivity contribution in [1.29, 1.82) is 0 Å². The Morgan fingerprint density at radius 2 is 1.96 bits per heavy atom. The van der Waals surface area contributed by atoms with Crippen LogP contribution >= 0.6 is 0 Å². The van der Waals surface area contributed by atoms with E-state index in [1.165, 1.54) is 0 Å². The molecule has 2 N–H and O–H groups in total. The summed E-state index contributed by atoms with van der Waals surface area (Å²) in [5.41, 5.74) is 1.90. The molecule has 1 fully saturated rings. The van der Waals surface area contributed by atoms with Gasteiger partial charge in [-0.05, 0) is 52.7 Å². The molecule has 26 heavy (non-hydrogen) atoms. The number of amides is 2. The molecule has 1 aliphatic rings. The lowest BCUT2D eigenvalue weighted by Crippen LogP contribution is -2.47. The van der Waals surface area contributed by atoms with Crippen molar-refractivity contribution in [2.45, 2.75) is 52.2 Å². The van der Waals surface area contributed by atoms with E-state index in [9.17, 15) is 9.59 Å². The summed E-state index contributed by atoms with van der Waals surface area (Å²) in [4.78, 5) is 26.5. The molecule has 1 saturated heterocycles. The minimum Gasteiger partial charge on any atom is -0.444 e. The van der Waals surface area contributed by atoms with Crippen LogP contribution in [0.5, 0.6) is 0 Å². The third kappa shape index (κ3) is 4.15. The van der Waals surface area contributed by atoms with Crippen LogP contribution in [0.3, 0.4) is 0 Å². The zero-order valence-corrected chi connectivity index (χ0v) is 15.8. The zero-order chi connectivity index (χ0) is 18.9. The van der Waals surface area contributed by atoms with E-state index in [-0.39, 0.29) is 11.9 Å². The maximum atomic E-state index is 12.8. The van der Waals surface area contributed by atoms with Gasteiger partial charge in [-0.1, -0.05) is 11.6 Å². The molecule has 2 amide bonds. The number of nitrogens with one attached hydrogen (secondary N) is 2. The molecule has 0 unspecified atom stereocenters. The number of hydrogen-bond donors (Lipinski definition) is 2. The van der Waals surface area contributed by atoms with Gasteiger partial charge in [0.05, 0.1) is 5.52 Å². The van der Waals surface area contributed by atoms with Gasteiger partial charge in [0.25, 0.3) is 5.91 Å².